The fraction of sp³-hybridized carbons (Fsp3) is 0.833. The van der Waals surface area contributed by atoms with Crippen LogP contribution in [0.1, 0.15) is 71.1 Å². The van der Waals surface area contributed by atoms with Crippen molar-refractivity contribution in [1.82, 2.24) is 0 Å². The second-order valence-corrected chi connectivity index (χ2v) is 6.48. The van der Waals surface area contributed by atoms with Gasteiger partial charge in [0, 0.05) is 18.6 Å². The van der Waals surface area contributed by atoms with Crippen LogP contribution in [0.15, 0.2) is 12.7 Å². The monoisotopic (exact) mass is 300 g/mol. The molecule has 0 unspecified atom stereocenters. The van der Waals surface area contributed by atoms with Crippen LogP contribution in [0.4, 0.5) is 0 Å². The molecule has 0 nitrogen and oxygen atoms in total. The molecule has 2 rings (SSSR count). The van der Waals surface area contributed by atoms with E-state index in [1.165, 1.54) is 64.2 Å². The van der Waals surface area contributed by atoms with Crippen LogP contribution in [0.25, 0.3) is 0 Å². The summed E-state index contributed by atoms with van der Waals surface area (Å²) >= 11 is 0. The van der Waals surface area contributed by atoms with E-state index in [1.807, 2.05) is 0 Å². The van der Waals surface area contributed by atoms with Crippen molar-refractivity contribution in [2.45, 2.75) is 71.1 Å². The summed E-state index contributed by atoms with van der Waals surface area (Å²) in [6.07, 6.45) is 17.0. The molecule has 0 heterocycles. The fourth-order valence-electron chi connectivity index (χ4n) is 4.21. The van der Waals surface area contributed by atoms with Gasteiger partial charge in [-0.25, -0.2) is 0 Å². The normalized spacial score (nSPS) is 34.8. The standard InChI is InChI=1S/C17H30.CH3.V/c1-3-5-15-8-12-17(13-9-15)16-10-6-14(4-2)7-11-16;;/h4,14-17H,2-3,5-13H2,1H3;1H3;/q;-1;. The Morgan fingerprint density at radius 2 is 1.37 bits per heavy atom. The van der Waals surface area contributed by atoms with Crippen molar-refractivity contribution in [3.05, 3.63) is 20.1 Å². The van der Waals surface area contributed by atoms with Gasteiger partial charge in [0.1, 0.15) is 0 Å². The molecule has 1 heteroatoms. The predicted molar refractivity (Wildman–Crippen MR) is 82.4 cm³/mol. The Kier molecular flexibility index (Phi) is 10.3. The molecule has 2 aliphatic carbocycles. The van der Waals surface area contributed by atoms with E-state index in [-0.39, 0.29) is 26.0 Å². The SMILES string of the molecule is C=CC1CCC(C2CCC(CCC)CC2)CC1.[CH3-].[V]. The van der Waals surface area contributed by atoms with E-state index >= 15 is 0 Å². The molecule has 2 saturated carbocycles. The summed E-state index contributed by atoms with van der Waals surface area (Å²) in [5.41, 5.74) is 0. The zero-order valence-electron chi connectivity index (χ0n) is 13.1. The summed E-state index contributed by atoms with van der Waals surface area (Å²) in [7, 11) is 0. The van der Waals surface area contributed by atoms with Gasteiger partial charge in [0.25, 0.3) is 0 Å². The molecule has 0 saturated heterocycles. The molecule has 2 aliphatic rings. The molecule has 2 fully saturated rings. The average Bonchev–Trinajstić information content (AvgIpc) is 2.40. The number of hydrogen-bond donors (Lipinski definition) is 0. The minimum atomic E-state index is 0. The van der Waals surface area contributed by atoms with Crippen LogP contribution >= 0.6 is 0 Å². The van der Waals surface area contributed by atoms with E-state index in [0.29, 0.717) is 0 Å². The van der Waals surface area contributed by atoms with Gasteiger partial charge < -0.3 is 7.43 Å². The van der Waals surface area contributed by atoms with Crippen molar-refractivity contribution >= 4 is 0 Å². The van der Waals surface area contributed by atoms with Gasteiger partial charge in [-0.2, -0.15) is 0 Å². The topological polar surface area (TPSA) is 0 Å². The Labute approximate surface area is 133 Å². The van der Waals surface area contributed by atoms with Crippen LogP contribution in [-0.2, 0) is 18.6 Å². The molecular weight excluding hydrogens is 267 g/mol. The largest absolute Gasteiger partial charge is 0.358 e. The van der Waals surface area contributed by atoms with Crippen molar-refractivity contribution in [3.63, 3.8) is 0 Å². The van der Waals surface area contributed by atoms with Gasteiger partial charge in [0.15, 0.2) is 0 Å². The fourth-order valence-corrected chi connectivity index (χ4v) is 4.21. The van der Waals surface area contributed by atoms with Crippen molar-refractivity contribution in [2.24, 2.45) is 23.7 Å². The first kappa shape index (κ1) is 19.3. The summed E-state index contributed by atoms with van der Waals surface area (Å²) in [4.78, 5) is 0. The first-order valence-corrected chi connectivity index (χ1v) is 7.96. The summed E-state index contributed by atoms with van der Waals surface area (Å²) < 4.78 is 0. The summed E-state index contributed by atoms with van der Waals surface area (Å²) in [6, 6.07) is 0. The van der Waals surface area contributed by atoms with E-state index in [9.17, 15) is 0 Å². The number of allylic oxidation sites excluding steroid dienone is 1. The molecule has 0 atom stereocenters. The van der Waals surface area contributed by atoms with Gasteiger partial charge in [0.05, 0.1) is 0 Å². The first-order valence-electron chi connectivity index (χ1n) is 7.96. The Hall–Kier alpha value is 0.324. The predicted octanol–water partition coefficient (Wildman–Crippen LogP) is 6.03. The zero-order valence-corrected chi connectivity index (χ0v) is 14.5. The molecule has 19 heavy (non-hydrogen) atoms. The molecule has 1 radical (unpaired) electrons. The molecular formula is C18H33V-. The van der Waals surface area contributed by atoms with Gasteiger partial charge in [-0.05, 0) is 62.2 Å². The average molecular weight is 300 g/mol. The van der Waals surface area contributed by atoms with Crippen LogP contribution in [0.3, 0.4) is 0 Å². The van der Waals surface area contributed by atoms with E-state index in [2.05, 4.69) is 19.6 Å². The Balaban J connectivity index is 0.00000162. The second kappa shape index (κ2) is 10.1. The van der Waals surface area contributed by atoms with Crippen LogP contribution in [0.2, 0.25) is 0 Å². The summed E-state index contributed by atoms with van der Waals surface area (Å²) in [5, 5.41) is 0. The van der Waals surface area contributed by atoms with Crippen molar-refractivity contribution in [3.8, 4) is 0 Å². The van der Waals surface area contributed by atoms with Crippen molar-refractivity contribution in [1.29, 1.82) is 0 Å². The number of hydrogen-bond acceptors (Lipinski definition) is 0. The van der Waals surface area contributed by atoms with Crippen LogP contribution in [0.5, 0.6) is 0 Å². The summed E-state index contributed by atoms with van der Waals surface area (Å²) in [6.45, 7) is 6.29. The molecule has 0 aromatic carbocycles. The van der Waals surface area contributed by atoms with Crippen molar-refractivity contribution in [2.75, 3.05) is 0 Å². The third-order valence-electron chi connectivity index (χ3n) is 5.40. The molecule has 111 valence electrons. The Bertz CT molecular complexity index is 220. The summed E-state index contributed by atoms with van der Waals surface area (Å²) in [5.74, 6) is 4.05. The molecule has 0 amide bonds. The van der Waals surface area contributed by atoms with Crippen LogP contribution in [0, 0.1) is 31.1 Å². The maximum atomic E-state index is 3.95. The van der Waals surface area contributed by atoms with Crippen LogP contribution in [-0.4, -0.2) is 0 Å². The van der Waals surface area contributed by atoms with Gasteiger partial charge >= 0.3 is 0 Å². The van der Waals surface area contributed by atoms with Gasteiger partial charge in [-0.1, -0.05) is 38.7 Å². The molecule has 0 aromatic heterocycles. The maximum absolute atomic E-state index is 3.95. The van der Waals surface area contributed by atoms with E-state index in [0.717, 1.165) is 23.7 Å². The molecule has 0 aliphatic heterocycles. The first-order chi connectivity index (χ1) is 8.33. The molecule has 0 aromatic rings. The number of rotatable bonds is 4. The third-order valence-corrected chi connectivity index (χ3v) is 5.40. The minimum Gasteiger partial charge on any atom is -0.358 e. The van der Waals surface area contributed by atoms with Gasteiger partial charge in [0.2, 0.25) is 0 Å². The zero-order chi connectivity index (χ0) is 12.1. The van der Waals surface area contributed by atoms with E-state index in [1.54, 1.807) is 0 Å². The Morgan fingerprint density at radius 1 is 0.895 bits per heavy atom. The van der Waals surface area contributed by atoms with Gasteiger partial charge in [-0.3, -0.25) is 0 Å². The molecule has 0 spiro atoms. The van der Waals surface area contributed by atoms with Crippen LogP contribution < -0.4 is 0 Å². The minimum absolute atomic E-state index is 0. The smallest absolute Gasteiger partial charge is 0 e. The van der Waals surface area contributed by atoms with E-state index < -0.39 is 0 Å². The third kappa shape index (κ3) is 5.68. The second-order valence-electron chi connectivity index (χ2n) is 6.48. The molecule has 0 bridgehead atoms. The van der Waals surface area contributed by atoms with Gasteiger partial charge in [-0.15, -0.1) is 6.58 Å². The van der Waals surface area contributed by atoms with E-state index in [4.69, 9.17) is 0 Å². The Morgan fingerprint density at radius 3 is 1.79 bits per heavy atom. The molecule has 0 N–H and O–H groups in total. The van der Waals surface area contributed by atoms with Crippen molar-refractivity contribution < 1.29 is 18.6 Å². The maximum Gasteiger partial charge on any atom is 0 e. The quantitative estimate of drug-likeness (QED) is 0.439.